The average molecular weight is 689 g/mol. The van der Waals surface area contributed by atoms with Crippen LogP contribution in [0.5, 0.6) is 0 Å². The number of rotatable bonds is 4. The Balaban J connectivity index is 1.07. The van der Waals surface area contributed by atoms with E-state index in [4.69, 9.17) is 4.42 Å². The van der Waals surface area contributed by atoms with Gasteiger partial charge in [-0.15, -0.1) is 0 Å². The highest BCUT2D eigenvalue weighted by molar-refractivity contribution is 6.21. The molecule has 0 radical (unpaired) electrons. The summed E-state index contributed by atoms with van der Waals surface area (Å²) < 4.78 is 6.53. The maximum Gasteiger partial charge on any atom is 0.135 e. The molecule has 0 aliphatic heterocycles. The van der Waals surface area contributed by atoms with Gasteiger partial charge in [0.05, 0.1) is 0 Å². The van der Waals surface area contributed by atoms with Crippen molar-refractivity contribution < 1.29 is 4.42 Å². The summed E-state index contributed by atoms with van der Waals surface area (Å²) in [6.45, 7) is 4.64. The van der Waals surface area contributed by atoms with Gasteiger partial charge in [-0.2, -0.15) is 0 Å². The van der Waals surface area contributed by atoms with Gasteiger partial charge in [0.25, 0.3) is 0 Å². The van der Waals surface area contributed by atoms with Crippen LogP contribution in [0.15, 0.2) is 186 Å². The highest BCUT2D eigenvalue weighted by Crippen LogP contribution is 2.51. The van der Waals surface area contributed by atoms with E-state index in [0.717, 1.165) is 21.9 Å². The molecule has 0 bridgehead atoms. The van der Waals surface area contributed by atoms with E-state index in [0.29, 0.717) is 0 Å². The standard InChI is InChI=1S/C53H36O/c1-53(2)47-25-11-10-20-39(47)44-31-46-45-30-36(26-27-49(45)54-50(46)32-48(44)53)35-17-13-19-38(29-35)52-42-23-8-6-21-40(42)51(41-22-7-9-24-43(41)52)37-18-12-16-34(28-37)33-14-4-3-5-15-33/h3-32H,1-2H3. The third-order valence-electron chi connectivity index (χ3n) is 11.8. The van der Waals surface area contributed by atoms with Crippen molar-refractivity contribution in [1.82, 2.24) is 0 Å². The first kappa shape index (κ1) is 30.9. The summed E-state index contributed by atoms with van der Waals surface area (Å²) in [6, 6.07) is 66.7. The quantitative estimate of drug-likeness (QED) is 0.168. The first-order chi connectivity index (χ1) is 26.5. The topological polar surface area (TPSA) is 13.1 Å². The van der Waals surface area contributed by atoms with Crippen LogP contribution in [0.3, 0.4) is 0 Å². The van der Waals surface area contributed by atoms with Crippen LogP contribution in [0.2, 0.25) is 0 Å². The molecule has 0 amide bonds. The van der Waals surface area contributed by atoms with Gasteiger partial charge in [-0.25, -0.2) is 0 Å². The molecule has 9 aromatic carbocycles. The lowest BCUT2D eigenvalue weighted by molar-refractivity contribution is 0.647. The van der Waals surface area contributed by atoms with Crippen LogP contribution in [0, 0.1) is 0 Å². The van der Waals surface area contributed by atoms with Gasteiger partial charge in [-0.05, 0) is 125 Å². The summed E-state index contributed by atoms with van der Waals surface area (Å²) in [5.41, 5.74) is 16.9. The minimum Gasteiger partial charge on any atom is -0.456 e. The third kappa shape index (κ3) is 4.58. The van der Waals surface area contributed by atoms with Crippen LogP contribution in [-0.4, -0.2) is 0 Å². The van der Waals surface area contributed by atoms with Gasteiger partial charge >= 0.3 is 0 Å². The number of hydrogen-bond acceptors (Lipinski definition) is 1. The van der Waals surface area contributed by atoms with Crippen LogP contribution in [0.25, 0.3) is 99.1 Å². The fourth-order valence-corrected chi connectivity index (χ4v) is 9.24. The lowest BCUT2D eigenvalue weighted by atomic mass is 9.82. The Morgan fingerprint density at radius 3 is 1.46 bits per heavy atom. The minimum atomic E-state index is -0.0660. The molecule has 0 N–H and O–H groups in total. The van der Waals surface area contributed by atoms with E-state index in [1.165, 1.54) is 88.3 Å². The third-order valence-corrected chi connectivity index (χ3v) is 11.8. The Kier molecular flexibility index (Phi) is 6.66. The molecule has 1 nitrogen and oxygen atoms in total. The van der Waals surface area contributed by atoms with Gasteiger partial charge in [0, 0.05) is 16.2 Å². The molecule has 10 aromatic rings. The summed E-state index contributed by atoms with van der Waals surface area (Å²) in [5, 5.41) is 7.33. The van der Waals surface area contributed by atoms with Gasteiger partial charge in [-0.3, -0.25) is 0 Å². The van der Waals surface area contributed by atoms with E-state index in [2.05, 4.69) is 196 Å². The predicted octanol–water partition coefficient (Wildman–Crippen LogP) is 14.9. The Morgan fingerprint density at radius 2 is 0.815 bits per heavy atom. The predicted molar refractivity (Wildman–Crippen MR) is 228 cm³/mol. The minimum absolute atomic E-state index is 0.0660. The highest BCUT2D eigenvalue weighted by atomic mass is 16.3. The maximum absolute atomic E-state index is 6.53. The zero-order valence-corrected chi connectivity index (χ0v) is 30.2. The monoisotopic (exact) mass is 688 g/mol. The average Bonchev–Trinajstić information content (AvgIpc) is 3.70. The molecule has 1 heteroatoms. The Hall–Kier alpha value is -6.70. The smallest absolute Gasteiger partial charge is 0.135 e. The molecule has 0 fully saturated rings. The number of benzene rings is 9. The SMILES string of the molecule is CC1(C)c2ccccc2-c2cc3c(cc21)oc1ccc(-c2cccc(-c4c5ccccc5c(-c5cccc(-c6ccccc6)c5)c5ccccc45)c2)cc13. The Bertz CT molecular complexity index is 3070. The second kappa shape index (κ2) is 11.7. The Morgan fingerprint density at radius 1 is 0.315 bits per heavy atom. The second-order valence-corrected chi connectivity index (χ2v) is 15.2. The Labute approximate surface area is 314 Å². The molecule has 11 rings (SSSR count). The molecule has 1 aliphatic carbocycles. The molecule has 0 saturated carbocycles. The maximum atomic E-state index is 6.53. The van der Waals surface area contributed by atoms with Gasteiger partial charge < -0.3 is 4.42 Å². The van der Waals surface area contributed by atoms with Gasteiger partial charge in [0.2, 0.25) is 0 Å². The zero-order chi connectivity index (χ0) is 36.0. The fourth-order valence-electron chi connectivity index (χ4n) is 9.24. The van der Waals surface area contributed by atoms with Crippen LogP contribution >= 0.6 is 0 Å². The van der Waals surface area contributed by atoms with E-state index < -0.39 is 0 Å². The molecule has 1 aromatic heterocycles. The molecule has 0 spiro atoms. The second-order valence-electron chi connectivity index (χ2n) is 15.2. The molecular formula is C53H36O. The molecule has 54 heavy (non-hydrogen) atoms. The van der Waals surface area contributed by atoms with Crippen LogP contribution in [0.4, 0.5) is 0 Å². The summed E-state index contributed by atoms with van der Waals surface area (Å²) in [4.78, 5) is 0. The number of hydrogen-bond donors (Lipinski definition) is 0. The van der Waals surface area contributed by atoms with Crippen molar-refractivity contribution in [3.8, 4) is 55.6 Å². The normalized spacial score (nSPS) is 13.1. The molecule has 1 aliphatic rings. The number of furan rings is 1. The van der Waals surface area contributed by atoms with Crippen molar-refractivity contribution in [2.75, 3.05) is 0 Å². The van der Waals surface area contributed by atoms with E-state index >= 15 is 0 Å². The van der Waals surface area contributed by atoms with Gasteiger partial charge in [0.15, 0.2) is 0 Å². The van der Waals surface area contributed by atoms with Crippen molar-refractivity contribution in [3.05, 3.63) is 193 Å². The van der Waals surface area contributed by atoms with E-state index in [-0.39, 0.29) is 5.41 Å². The summed E-state index contributed by atoms with van der Waals surface area (Å²) >= 11 is 0. The first-order valence-electron chi connectivity index (χ1n) is 18.8. The molecule has 0 saturated heterocycles. The number of fused-ring (bicyclic) bond motifs is 8. The van der Waals surface area contributed by atoms with Crippen molar-refractivity contribution in [2.45, 2.75) is 19.3 Å². The van der Waals surface area contributed by atoms with Crippen molar-refractivity contribution in [1.29, 1.82) is 0 Å². The summed E-state index contributed by atoms with van der Waals surface area (Å²) in [6.07, 6.45) is 0. The zero-order valence-electron chi connectivity index (χ0n) is 30.2. The van der Waals surface area contributed by atoms with Crippen molar-refractivity contribution >= 4 is 43.5 Å². The van der Waals surface area contributed by atoms with Crippen molar-refractivity contribution in [2.24, 2.45) is 0 Å². The van der Waals surface area contributed by atoms with E-state index in [1.807, 2.05) is 0 Å². The van der Waals surface area contributed by atoms with Gasteiger partial charge in [-0.1, -0.05) is 159 Å². The van der Waals surface area contributed by atoms with E-state index in [9.17, 15) is 0 Å². The molecule has 254 valence electrons. The van der Waals surface area contributed by atoms with Crippen LogP contribution in [-0.2, 0) is 5.41 Å². The molecule has 0 unspecified atom stereocenters. The fraction of sp³-hybridized carbons (Fsp3) is 0.0566. The van der Waals surface area contributed by atoms with Crippen LogP contribution in [0.1, 0.15) is 25.0 Å². The highest BCUT2D eigenvalue weighted by Gasteiger charge is 2.36. The van der Waals surface area contributed by atoms with E-state index in [1.54, 1.807) is 0 Å². The summed E-state index contributed by atoms with van der Waals surface area (Å²) in [5.74, 6) is 0. The lowest BCUT2D eigenvalue weighted by Gasteiger charge is -2.21. The first-order valence-corrected chi connectivity index (χ1v) is 18.8. The van der Waals surface area contributed by atoms with Crippen molar-refractivity contribution in [3.63, 3.8) is 0 Å². The molecule has 0 atom stereocenters. The summed E-state index contributed by atoms with van der Waals surface area (Å²) in [7, 11) is 0. The lowest BCUT2D eigenvalue weighted by Crippen LogP contribution is -2.14. The van der Waals surface area contributed by atoms with Crippen LogP contribution < -0.4 is 0 Å². The molecule has 1 heterocycles. The molecular weight excluding hydrogens is 653 g/mol. The van der Waals surface area contributed by atoms with Gasteiger partial charge in [0.1, 0.15) is 11.2 Å². The largest absolute Gasteiger partial charge is 0.456 e.